The molecule has 35 heavy (non-hydrogen) atoms. The molecule has 0 spiro atoms. The number of rotatable bonds is 16. The zero-order valence-corrected chi connectivity index (χ0v) is 17.6. The zero-order chi connectivity index (χ0) is 28.4. The van der Waals surface area contributed by atoms with E-state index in [-0.39, 0.29) is 6.42 Å². The highest BCUT2D eigenvalue weighted by molar-refractivity contribution is 5.15. The molecule has 0 aliphatic heterocycles. The molecule has 0 fully saturated rings. The van der Waals surface area contributed by atoms with Crippen molar-refractivity contribution in [3.63, 3.8) is 0 Å². The molecule has 0 rings (SSSR count). The lowest BCUT2D eigenvalue weighted by Crippen LogP contribution is -2.74. The second-order valence-corrected chi connectivity index (χ2v) is 7.40. The molecule has 0 aromatic carbocycles. The van der Waals surface area contributed by atoms with E-state index in [2.05, 4.69) is 4.74 Å². The highest BCUT2D eigenvalue weighted by Gasteiger charge is 2.94. The van der Waals surface area contributed by atoms with Gasteiger partial charge in [0.05, 0.1) is 6.61 Å². The normalized spacial score (nSPS) is 15.6. The Bertz CT molecular complexity index is 677. The monoisotopic (exact) mass is 560 g/mol. The molecule has 0 saturated heterocycles. The third-order valence-electron chi connectivity index (χ3n) is 4.77. The SMILES string of the molecule is CCCCCOCCC(F)(F)C(F)(F)C(F)(F)C(F)(F)C(F)(F)C(F)(F)C(F)(F)C(F)(F)CCO. The van der Waals surface area contributed by atoms with Crippen molar-refractivity contribution in [3.8, 4) is 0 Å². The Balaban J connectivity index is 6.22. The minimum absolute atomic E-state index is 0.156. The first-order chi connectivity index (χ1) is 15.4. The van der Waals surface area contributed by atoms with Crippen molar-refractivity contribution in [1.29, 1.82) is 0 Å². The molecule has 0 unspecified atom stereocenters. The summed E-state index contributed by atoms with van der Waals surface area (Å²) < 4.78 is 221. The smallest absolute Gasteiger partial charge is 0.384 e. The van der Waals surface area contributed by atoms with E-state index in [0.717, 1.165) is 0 Å². The maximum atomic E-state index is 13.7. The molecule has 0 saturated carbocycles. The fourth-order valence-electron chi connectivity index (χ4n) is 2.46. The maximum absolute atomic E-state index is 13.7. The minimum atomic E-state index is -8.44. The number of hydrogen-bond acceptors (Lipinski definition) is 2. The summed E-state index contributed by atoms with van der Waals surface area (Å²) >= 11 is 0. The van der Waals surface area contributed by atoms with Crippen LogP contribution in [0.25, 0.3) is 0 Å². The van der Waals surface area contributed by atoms with Crippen LogP contribution in [-0.2, 0) is 4.74 Å². The molecule has 0 heterocycles. The van der Waals surface area contributed by atoms with Gasteiger partial charge < -0.3 is 9.84 Å². The van der Waals surface area contributed by atoms with Crippen molar-refractivity contribution in [1.82, 2.24) is 0 Å². The second-order valence-electron chi connectivity index (χ2n) is 7.40. The molecule has 212 valence electrons. The first kappa shape index (κ1) is 33.8. The van der Waals surface area contributed by atoms with Crippen molar-refractivity contribution in [3.05, 3.63) is 0 Å². The molecule has 0 aliphatic carbocycles. The summed E-state index contributed by atoms with van der Waals surface area (Å²) in [6.45, 7) is -2.38. The first-order valence-electron chi connectivity index (χ1n) is 9.58. The largest absolute Gasteiger partial charge is 0.396 e. The van der Waals surface area contributed by atoms with E-state index in [1.165, 1.54) is 0 Å². The predicted molar refractivity (Wildman–Crippen MR) is 86.2 cm³/mol. The van der Waals surface area contributed by atoms with Crippen LogP contribution in [-0.4, -0.2) is 72.3 Å². The quantitative estimate of drug-likeness (QED) is 0.162. The Morgan fingerprint density at radius 3 is 1.17 bits per heavy atom. The van der Waals surface area contributed by atoms with Crippen LogP contribution in [0.4, 0.5) is 70.2 Å². The zero-order valence-electron chi connectivity index (χ0n) is 17.6. The van der Waals surface area contributed by atoms with Crippen LogP contribution in [0.2, 0.25) is 0 Å². The van der Waals surface area contributed by atoms with Gasteiger partial charge in [-0.1, -0.05) is 19.8 Å². The van der Waals surface area contributed by atoms with Crippen LogP contribution in [0.3, 0.4) is 0 Å². The Kier molecular flexibility index (Phi) is 10.3. The molecule has 18 heteroatoms. The molecule has 0 aromatic heterocycles. The van der Waals surface area contributed by atoms with Crippen LogP contribution in [0.1, 0.15) is 39.0 Å². The minimum Gasteiger partial charge on any atom is -0.396 e. The third-order valence-corrected chi connectivity index (χ3v) is 4.77. The van der Waals surface area contributed by atoms with Gasteiger partial charge in [0.2, 0.25) is 0 Å². The molecule has 0 radical (unpaired) electrons. The van der Waals surface area contributed by atoms with E-state index in [0.29, 0.717) is 12.8 Å². The Hall–Kier alpha value is -1.20. The number of alkyl halides is 16. The van der Waals surface area contributed by atoms with Gasteiger partial charge in [0, 0.05) is 26.1 Å². The Morgan fingerprint density at radius 1 is 0.486 bits per heavy atom. The van der Waals surface area contributed by atoms with E-state index in [1.807, 2.05) is 0 Å². The van der Waals surface area contributed by atoms with E-state index in [1.54, 1.807) is 6.92 Å². The number of ether oxygens (including phenoxy) is 1. The van der Waals surface area contributed by atoms with Crippen LogP contribution < -0.4 is 0 Å². The maximum Gasteiger partial charge on any atom is 0.384 e. The second kappa shape index (κ2) is 10.7. The summed E-state index contributed by atoms with van der Waals surface area (Å²) in [6, 6.07) is 0. The van der Waals surface area contributed by atoms with Crippen LogP contribution in [0.15, 0.2) is 0 Å². The van der Waals surface area contributed by atoms with Gasteiger partial charge in [-0.25, -0.2) is 0 Å². The number of aliphatic hydroxyl groups excluding tert-OH is 1. The van der Waals surface area contributed by atoms with Gasteiger partial charge in [0.1, 0.15) is 0 Å². The standard InChI is InChI=1S/C17H20F16O2/c1-2-3-4-8-35-9-6-11(20,21)13(24,25)15(28,29)17(32,33)16(30,31)14(26,27)12(22,23)10(18,19)5-7-34/h34H,2-9H2,1H3. The van der Waals surface area contributed by atoms with Crippen molar-refractivity contribution in [2.45, 2.75) is 86.4 Å². The average Bonchev–Trinajstić information content (AvgIpc) is 2.69. The topological polar surface area (TPSA) is 29.5 Å². The Morgan fingerprint density at radius 2 is 0.829 bits per heavy atom. The van der Waals surface area contributed by atoms with Crippen LogP contribution >= 0.6 is 0 Å². The van der Waals surface area contributed by atoms with Gasteiger partial charge in [-0.3, -0.25) is 0 Å². The summed E-state index contributed by atoms with van der Waals surface area (Å²) in [4.78, 5) is 0. The lowest BCUT2D eigenvalue weighted by atomic mass is 9.86. The molecule has 0 aromatic rings. The van der Waals surface area contributed by atoms with Crippen LogP contribution in [0.5, 0.6) is 0 Å². The van der Waals surface area contributed by atoms with Gasteiger partial charge >= 0.3 is 47.4 Å². The van der Waals surface area contributed by atoms with Crippen molar-refractivity contribution >= 4 is 0 Å². The van der Waals surface area contributed by atoms with Gasteiger partial charge in [-0.2, -0.15) is 70.2 Å². The molecule has 2 nitrogen and oxygen atoms in total. The number of halogens is 16. The summed E-state index contributed by atoms with van der Waals surface area (Å²) in [5, 5.41) is 8.14. The van der Waals surface area contributed by atoms with E-state index in [4.69, 9.17) is 5.11 Å². The number of hydrogen-bond donors (Lipinski definition) is 1. The Labute approximate surface area is 187 Å². The summed E-state index contributed by atoms with van der Waals surface area (Å²) in [5.74, 6) is -61.3. The lowest BCUT2D eigenvalue weighted by molar-refractivity contribution is -0.454. The highest BCUT2D eigenvalue weighted by atomic mass is 19.4. The molecule has 0 bridgehead atoms. The molecular formula is C17H20F16O2. The van der Waals surface area contributed by atoms with Gasteiger partial charge in [0.25, 0.3) is 0 Å². The number of aliphatic hydroxyl groups is 1. The molecule has 1 N–H and O–H groups in total. The van der Waals surface area contributed by atoms with Gasteiger partial charge in [-0.05, 0) is 6.42 Å². The molecular weight excluding hydrogens is 540 g/mol. The average molecular weight is 560 g/mol. The van der Waals surface area contributed by atoms with Gasteiger partial charge in [0.15, 0.2) is 0 Å². The van der Waals surface area contributed by atoms with Gasteiger partial charge in [-0.15, -0.1) is 0 Å². The predicted octanol–water partition coefficient (Wildman–Crippen LogP) is 7.05. The van der Waals surface area contributed by atoms with E-state index in [9.17, 15) is 70.2 Å². The van der Waals surface area contributed by atoms with E-state index < -0.39 is 80.0 Å². The summed E-state index contributed by atoms with van der Waals surface area (Å²) in [6.07, 6.45) is -4.15. The molecule has 0 atom stereocenters. The fourth-order valence-corrected chi connectivity index (χ4v) is 2.46. The third kappa shape index (κ3) is 5.56. The van der Waals surface area contributed by atoms with Crippen molar-refractivity contribution in [2.75, 3.05) is 19.8 Å². The van der Waals surface area contributed by atoms with E-state index >= 15 is 0 Å². The molecule has 0 amide bonds. The van der Waals surface area contributed by atoms with Crippen molar-refractivity contribution < 1.29 is 80.1 Å². The summed E-state index contributed by atoms with van der Waals surface area (Å²) in [5.41, 5.74) is 0. The first-order valence-corrected chi connectivity index (χ1v) is 9.58. The summed E-state index contributed by atoms with van der Waals surface area (Å²) in [7, 11) is 0. The fraction of sp³-hybridized carbons (Fsp3) is 1.00. The molecule has 0 aliphatic rings. The van der Waals surface area contributed by atoms with Crippen LogP contribution in [0, 0.1) is 0 Å². The van der Waals surface area contributed by atoms with Crippen molar-refractivity contribution in [2.24, 2.45) is 0 Å². The highest BCUT2D eigenvalue weighted by Crippen LogP contribution is 2.64. The number of unbranched alkanes of at least 4 members (excludes halogenated alkanes) is 2. The lowest BCUT2D eigenvalue weighted by Gasteiger charge is -2.43.